The van der Waals surface area contributed by atoms with Gasteiger partial charge in [-0.3, -0.25) is 18.7 Å². The molecular formula is C20H16F3N5O2. The summed E-state index contributed by atoms with van der Waals surface area (Å²) in [6, 6.07) is 6.57. The average molecular weight is 415 g/mol. The first-order valence-electron chi connectivity index (χ1n) is 8.80. The van der Waals surface area contributed by atoms with Gasteiger partial charge in [0.15, 0.2) is 0 Å². The third kappa shape index (κ3) is 3.97. The second kappa shape index (κ2) is 7.21. The molecule has 154 valence electrons. The van der Waals surface area contributed by atoms with Crippen molar-refractivity contribution in [2.24, 2.45) is 14.1 Å². The second-order valence-corrected chi connectivity index (χ2v) is 6.66. The lowest BCUT2D eigenvalue weighted by molar-refractivity contribution is -0.274. The first-order chi connectivity index (χ1) is 14.2. The Balaban J connectivity index is 1.83. The monoisotopic (exact) mass is 415 g/mol. The van der Waals surface area contributed by atoms with Crippen LogP contribution in [0.15, 0.2) is 66.1 Å². The predicted octanol–water partition coefficient (Wildman–Crippen LogP) is 3.54. The zero-order valence-electron chi connectivity index (χ0n) is 16.0. The van der Waals surface area contributed by atoms with Gasteiger partial charge in [-0.2, -0.15) is 10.2 Å². The van der Waals surface area contributed by atoms with Crippen molar-refractivity contribution in [3.63, 3.8) is 0 Å². The molecule has 0 unspecified atom stereocenters. The number of rotatable bonds is 4. The number of hydrogen-bond acceptors (Lipinski definition) is 4. The molecule has 4 aromatic rings. The molecule has 0 atom stereocenters. The normalized spacial score (nSPS) is 11.6. The minimum Gasteiger partial charge on any atom is -0.406 e. The van der Waals surface area contributed by atoms with Crippen LogP contribution < -0.4 is 10.3 Å². The maximum atomic E-state index is 12.8. The van der Waals surface area contributed by atoms with E-state index in [4.69, 9.17) is 0 Å². The van der Waals surface area contributed by atoms with Crippen LogP contribution in [0.3, 0.4) is 0 Å². The van der Waals surface area contributed by atoms with E-state index in [1.807, 2.05) is 6.20 Å². The summed E-state index contributed by atoms with van der Waals surface area (Å²) < 4.78 is 45.7. The van der Waals surface area contributed by atoms with E-state index in [0.29, 0.717) is 11.3 Å². The molecule has 0 radical (unpaired) electrons. The second-order valence-electron chi connectivity index (χ2n) is 6.66. The van der Waals surface area contributed by atoms with Crippen molar-refractivity contribution in [1.82, 2.24) is 24.1 Å². The van der Waals surface area contributed by atoms with Gasteiger partial charge >= 0.3 is 6.36 Å². The summed E-state index contributed by atoms with van der Waals surface area (Å²) in [7, 11) is 3.56. The van der Waals surface area contributed by atoms with Crippen LogP contribution >= 0.6 is 0 Å². The molecule has 4 rings (SSSR count). The van der Waals surface area contributed by atoms with Gasteiger partial charge in [0.1, 0.15) is 5.75 Å². The molecule has 0 aliphatic heterocycles. The Hall–Kier alpha value is -3.82. The van der Waals surface area contributed by atoms with E-state index < -0.39 is 6.36 Å². The number of aryl methyl sites for hydroxylation is 2. The average Bonchev–Trinajstić information content (AvgIpc) is 3.29. The van der Waals surface area contributed by atoms with E-state index in [2.05, 4.69) is 14.9 Å². The van der Waals surface area contributed by atoms with Crippen LogP contribution in [0, 0.1) is 0 Å². The molecule has 7 nitrogen and oxygen atoms in total. The Kier molecular flexibility index (Phi) is 4.69. The maximum Gasteiger partial charge on any atom is 0.573 e. The quantitative estimate of drug-likeness (QED) is 0.512. The molecule has 0 N–H and O–H groups in total. The van der Waals surface area contributed by atoms with Gasteiger partial charge in [-0.15, -0.1) is 13.2 Å². The van der Waals surface area contributed by atoms with Crippen molar-refractivity contribution in [1.29, 1.82) is 0 Å². The van der Waals surface area contributed by atoms with Gasteiger partial charge < -0.3 is 4.74 Å². The van der Waals surface area contributed by atoms with E-state index in [1.54, 1.807) is 48.2 Å². The van der Waals surface area contributed by atoms with E-state index >= 15 is 0 Å². The van der Waals surface area contributed by atoms with Gasteiger partial charge in [-0.05, 0) is 29.8 Å². The third-order valence-electron chi connectivity index (χ3n) is 4.43. The topological polar surface area (TPSA) is 66.9 Å². The molecule has 10 heteroatoms. The predicted molar refractivity (Wildman–Crippen MR) is 103 cm³/mol. The Labute approximate surface area is 168 Å². The Morgan fingerprint density at radius 3 is 1.93 bits per heavy atom. The number of benzene rings is 1. The lowest BCUT2D eigenvalue weighted by Gasteiger charge is -2.13. The van der Waals surface area contributed by atoms with Crippen molar-refractivity contribution in [2.45, 2.75) is 6.36 Å². The largest absolute Gasteiger partial charge is 0.573 e. The molecule has 30 heavy (non-hydrogen) atoms. The van der Waals surface area contributed by atoms with Crippen molar-refractivity contribution in [2.75, 3.05) is 0 Å². The van der Waals surface area contributed by atoms with Crippen LogP contribution in [0.4, 0.5) is 13.2 Å². The van der Waals surface area contributed by atoms with Gasteiger partial charge in [-0.1, -0.05) is 0 Å². The fourth-order valence-corrected chi connectivity index (χ4v) is 3.13. The number of nitrogens with zero attached hydrogens (tertiary/aromatic N) is 5. The highest BCUT2D eigenvalue weighted by Crippen LogP contribution is 2.31. The number of alkyl halides is 3. The van der Waals surface area contributed by atoms with Crippen molar-refractivity contribution in [3.8, 4) is 33.7 Å². The summed E-state index contributed by atoms with van der Waals surface area (Å²) in [5.41, 5.74) is 3.00. The van der Waals surface area contributed by atoms with Crippen LogP contribution in [0.2, 0.25) is 0 Å². The maximum absolute atomic E-state index is 12.8. The van der Waals surface area contributed by atoms with Crippen LogP contribution in [0.5, 0.6) is 5.75 Å². The fourth-order valence-electron chi connectivity index (χ4n) is 3.13. The first kappa shape index (κ1) is 19.5. The highest BCUT2D eigenvalue weighted by molar-refractivity contribution is 5.82. The van der Waals surface area contributed by atoms with Crippen LogP contribution in [0.1, 0.15) is 0 Å². The fraction of sp³-hybridized carbons (Fsp3) is 0.150. The summed E-state index contributed by atoms with van der Waals surface area (Å²) >= 11 is 0. The summed E-state index contributed by atoms with van der Waals surface area (Å²) in [5.74, 6) is -0.362. The zero-order valence-corrected chi connectivity index (χ0v) is 16.0. The van der Waals surface area contributed by atoms with Gasteiger partial charge in [0, 0.05) is 61.1 Å². The van der Waals surface area contributed by atoms with Crippen LogP contribution in [-0.2, 0) is 14.1 Å². The zero-order chi connectivity index (χ0) is 21.5. The van der Waals surface area contributed by atoms with Gasteiger partial charge in [-0.25, -0.2) is 0 Å². The Bertz CT molecular complexity index is 1250. The number of halogens is 3. The third-order valence-corrected chi connectivity index (χ3v) is 4.43. The molecule has 0 fully saturated rings. The molecule has 0 bridgehead atoms. The van der Waals surface area contributed by atoms with Crippen molar-refractivity contribution >= 4 is 0 Å². The number of pyridine rings is 1. The number of hydrogen-bond donors (Lipinski definition) is 0. The molecule has 0 amide bonds. The summed E-state index contributed by atoms with van der Waals surface area (Å²) in [5, 5.41) is 8.35. The standard InChI is InChI=1S/C20H16F3N5O2/c1-26-10-13(8-24-26)17-7-19(29)28(12-18(17)14-9-25-27(2)11-14)15-3-5-16(6-4-15)30-20(21,22)23/h3-12H,1-2H3. The molecule has 1 aromatic carbocycles. The molecule has 0 aliphatic carbocycles. The lowest BCUT2D eigenvalue weighted by Crippen LogP contribution is -2.18. The summed E-state index contributed by atoms with van der Waals surface area (Å²) in [6.07, 6.45) is 3.79. The molecule has 0 spiro atoms. The first-order valence-corrected chi connectivity index (χ1v) is 8.80. The minimum absolute atomic E-state index is 0.342. The number of aromatic nitrogens is 5. The van der Waals surface area contributed by atoms with Crippen molar-refractivity contribution < 1.29 is 17.9 Å². The van der Waals surface area contributed by atoms with Crippen LogP contribution in [-0.4, -0.2) is 30.5 Å². The van der Waals surface area contributed by atoms with Gasteiger partial charge in [0.05, 0.1) is 12.4 Å². The van der Waals surface area contributed by atoms with Crippen LogP contribution in [0.25, 0.3) is 27.9 Å². The number of ether oxygens (including phenoxy) is 1. The summed E-state index contributed by atoms with van der Waals surface area (Å²) in [6.45, 7) is 0. The van der Waals surface area contributed by atoms with E-state index in [9.17, 15) is 18.0 Å². The minimum atomic E-state index is -4.78. The van der Waals surface area contributed by atoms with E-state index in [0.717, 1.165) is 28.8 Å². The van der Waals surface area contributed by atoms with Gasteiger partial charge in [0.2, 0.25) is 0 Å². The van der Waals surface area contributed by atoms with Gasteiger partial charge in [0.25, 0.3) is 5.56 Å². The van der Waals surface area contributed by atoms with E-state index in [-0.39, 0.29) is 11.3 Å². The molecule has 0 saturated heterocycles. The highest BCUT2D eigenvalue weighted by Gasteiger charge is 2.31. The molecule has 0 saturated carbocycles. The Morgan fingerprint density at radius 2 is 1.43 bits per heavy atom. The highest BCUT2D eigenvalue weighted by atomic mass is 19.4. The molecule has 3 heterocycles. The molecule has 0 aliphatic rings. The SMILES string of the molecule is Cn1cc(-c2cc(=O)n(-c3ccc(OC(F)(F)F)cc3)cc2-c2cnn(C)c2)cn1. The Morgan fingerprint density at radius 1 is 0.867 bits per heavy atom. The van der Waals surface area contributed by atoms with E-state index in [1.165, 1.54) is 22.8 Å². The van der Waals surface area contributed by atoms with Crippen molar-refractivity contribution in [3.05, 3.63) is 71.7 Å². The lowest BCUT2D eigenvalue weighted by atomic mass is 10.0. The molecular weight excluding hydrogens is 399 g/mol. The molecule has 3 aromatic heterocycles. The summed E-state index contributed by atoms with van der Waals surface area (Å²) in [4.78, 5) is 12.8. The smallest absolute Gasteiger partial charge is 0.406 e.